The van der Waals surface area contributed by atoms with Crippen LogP contribution in [-0.4, -0.2) is 30.5 Å². The van der Waals surface area contributed by atoms with Crippen LogP contribution in [-0.2, 0) is 0 Å². The summed E-state index contributed by atoms with van der Waals surface area (Å²) in [7, 11) is 0.421. The van der Waals surface area contributed by atoms with Gasteiger partial charge in [0.15, 0.2) is 5.52 Å². The molecule has 0 bridgehead atoms. The van der Waals surface area contributed by atoms with Gasteiger partial charge in [0.25, 0.3) is 0 Å². The summed E-state index contributed by atoms with van der Waals surface area (Å²) >= 11 is 0. The van der Waals surface area contributed by atoms with Crippen LogP contribution in [0.3, 0.4) is 0 Å². The topological polar surface area (TPSA) is 17.1 Å². The van der Waals surface area contributed by atoms with Crippen molar-refractivity contribution in [2.24, 2.45) is 0 Å². The summed E-state index contributed by atoms with van der Waals surface area (Å²) in [5.74, 6) is 1.29. The molecule has 0 aliphatic rings. The van der Waals surface area contributed by atoms with Crippen LogP contribution < -0.4 is 0 Å². The standard InChI is InChI=1S/C20H33OP.Li/c1-8-9-10-22-20(21)19-17(14(4)5)11-16(13(2)3)12-18(19)15(6)7;/h11-15,22H,8-10H2,1-7H3;. The minimum absolute atomic E-state index is 0. The molecule has 0 heterocycles. The second kappa shape index (κ2) is 10.7. The first kappa shape index (κ1) is 22.9. The maximum Gasteiger partial charge on any atom is 0.181 e. The fourth-order valence-electron chi connectivity index (χ4n) is 2.69. The molecule has 1 radical (unpaired) electrons. The largest absolute Gasteiger partial charge is 0.289 e. The number of hydrogen-bond donors (Lipinski definition) is 0. The van der Waals surface area contributed by atoms with E-state index in [4.69, 9.17) is 0 Å². The molecule has 1 atom stereocenters. The Hall–Kier alpha value is -0.0826. The molecule has 1 aromatic rings. The monoisotopic (exact) mass is 327 g/mol. The van der Waals surface area contributed by atoms with Gasteiger partial charge >= 0.3 is 0 Å². The van der Waals surface area contributed by atoms with Crippen LogP contribution in [0.1, 0.15) is 106 Å². The predicted octanol–water partition coefficient (Wildman–Crippen LogP) is 6.29. The molecule has 0 aromatic heterocycles. The van der Waals surface area contributed by atoms with Gasteiger partial charge in [-0.25, -0.2) is 0 Å². The van der Waals surface area contributed by atoms with Gasteiger partial charge < -0.3 is 0 Å². The van der Waals surface area contributed by atoms with Crippen LogP contribution in [0.15, 0.2) is 12.1 Å². The quantitative estimate of drug-likeness (QED) is 0.311. The average molecular weight is 327 g/mol. The van der Waals surface area contributed by atoms with Gasteiger partial charge in [-0.15, -0.1) is 0 Å². The molecule has 0 N–H and O–H groups in total. The van der Waals surface area contributed by atoms with E-state index in [-0.39, 0.29) is 18.9 Å². The van der Waals surface area contributed by atoms with Gasteiger partial charge in [0, 0.05) is 24.4 Å². The van der Waals surface area contributed by atoms with E-state index >= 15 is 0 Å². The van der Waals surface area contributed by atoms with Crippen molar-refractivity contribution in [1.82, 2.24) is 0 Å². The van der Waals surface area contributed by atoms with Crippen LogP contribution >= 0.6 is 8.58 Å². The van der Waals surface area contributed by atoms with Crippen LogP contribution in [0.2, 0.25) is 0 Å². The molecular weight excluding hydrogens is 294 g/mol. The van der Waals surface area contributed by atoms with Crippen molar-refractivity contribution in [2.45, 2.75) is 79.1 Å². The van der Waals surface area contributed by atoms with E-state index in [2.05, 4.69) is 60.6 Å². The number of carbonyl (C=O) groups is 1. The minimum Gasteiger partial charge on any atom is -0.289 e. The number of carbonyl (C=O) groups excluding carboxylic acids is 1. The minimum atomic E-state index is 0. The second-order valence-electron chi connectivity index (χ2n) is 7.15. The zero-order valence-electron chi connectivity index (χ0n) is 16.4. The zero-order chi connectivity index (χ0) is 16.9. The molecular formula is C20H33LiOP. The van der Waals surface area contributed by atoms with Gasteiger partial charge in [-0.3, -0.25) is 4.79 Å². The van der Waals surface area contributed by atoms with Crippen molar-refractivity contribution in [3.05, 3.63) is 34.4 Å². The summed E-state index contributed by atoms with van der Waals surface area (Å²) in [4.78, 5) is 12.9. The molecule has 0 fully saturated rings. The summed E-state index contributed by atoms with van der Waals surface area (Å²) < 4.78 is 0. The molecule has 3 heteroatoms. The Morgan fingerprint density at radius 3 is 1.78 bits per heavy atom. The first-order chi connectivity index (χ1) is 10.3. The van der Waals surface area contributed by atoms with E-state index in [0.29, 0.717) is 31.9 Å². The molecule has 1 aromatic carbocycles. The van der Waals surface area contributed by atoms with Crippen LogP contribution in [0, 0.1) is 0 Å². The van der Waals surface area contributed by atoms with Gasteiger partial charge in [0.2, 0.25) is 0 Å². The maximum atomic E-state index is 12.9. The number of hydrogen-bond acceptors (Lipinski definition) is 1. The molecule has 0 amide bonds. The van der Waals surface area contributed by atoms with Crippen molar-refractivity contribution < 1.29 is 4.79 Å². The Kier molecular flexibility index (Phi) is 10.7. The fourth-order valence-corrected chi connectivity index (χ4v) is 3.91. The normalized spacial score (nSPS) is 11.7. The van der Waals surface area contributed by atoms with Crippen molar-refractivity contribution in [1.29, 1.82) is 0 Å². The Morgan fingerprint density at radius 1 is 0.957 bits per heavy atom. The van der Waals surface area contributed by atoms with Gasteiger partial charge in [-0.05, 0) is 55.6 Å². The van der Waals surface area contributed by atoms with Gasteiger partial charge in [-0.1, -0.05) is 67.0 Å². The molecule has 0 aliphatic carbocycles. The van der Waals surface area contributed by atoms with E-state index in [9.17, 15) is 4.79 Å². The third kappa shape index (κ3) is 6.38. The van der Waals surface area contributed by atoms with Crippen LogP contribution in [0.4, 0.5) is 0 Å². The third-order valence-electron chi connectivity index (χ3n) is 4.18. The summed E-state index contributed by atoms with van der Waals surface area (Å²) in [6.07, 6.45) is 3.36. The number of rotatable bonds is 8. The molecule has 125 valence electrons. The Morgan fingerprint density at radius 2 is 1.43 bits per heavy atom. The van der Waals surface area contributed by atoms with Gasteiger partial charge in [-0.2, -0.15) is 0 Å². The van der Waals surface area contributed by atoms with Gasteiger partial charge in [0.1, 0.15) is 0 Å². The molecule has 1 unspecified atom stereocenters. The average Bonchev–Trinajstić information content (AvgIpc) is 2.45. The summed E-state index contributed by atoms with van der Waals surface area (Å²) in [5.41, 5.74) is 5.27. The Labute approximate surface area is 157 Å². The van der Waals surface area contributed by atoms with Crippen molar-refractivity contribution >= 4 is 33.0 Å². The first-order valence-corrected chi connectivity index (χ1v) is 9.96. The summed E-state index contributed by atoms with van der Waals surface area (Å²) in [5, 5.41) is 0. The maximum absolute atomic E-state index is 12.9. The molecule has 23 heavy (non-hydrogen) atoms. The molecule has 0 spiro atoms. The molecule has 1 nitrogen and oxygen atoms in total. The third-order valence-corrected chi connectivity index (χ3v) is 5.35. The van der Waals surface area contributed by atoms with E-state index in [1.165, 1.54) is 23.1 Å². The summed E-state index contributed by atoms with van der Waals surface area (Å²) in [6.45, 7) is 15.5. The smallest absolute Gasteiger partial charge is 0.181 e. The van der Waals surface area contributed by atoms with E-state index in [1.807, 2.05) is 0 Å². The predicted molar refractivity (Wildman–Crippen MR) is 107 cm³/mol. The SMILES string of the molecule is CCCCPC(=O)c1c(C(C)C)cc(C(C)C)cc1C(C)C.[Li]. The van der Waals surface area contributed by atoms with Crippen LogP contribution in [0.25, 0.3) is 0 Å². The second-order valence-corrected chi connectivity index (χ2v) is 8.46. The van der Waals surface area contributed by atoms with Crippen molar-refractivity contribution in [3.8, 4) is 0 Å². The number of benzene rings is 1. The van der Waals surface area contributed by atoms with E-state index < -0.39 is 0 Å². The Balaban J connectivity index is 0.00000484. The van der Waals surface area contributed by atoms with E-state index in [1.54, 1.807) is 0 Å². The van der Waals surface area contributed by atoms with Crippen LogP contribution in [0.5, 0.6) is 0 Å². The fraction of sp³-hybridized carbons (Fsp3) is 0.650. The molecule has 1 rings (SSSR count). The molecule has 0 aliphatic heterocycles. The Bertz CT molecular complexity index is 477. The van der Waals surface area contributed by atoms with Crippen molar-refractivity contribution in [2.75, 3.05) is 6.16 Å². The van der Waals surface area contributed by atoms with Gasteiger partial charge in [0.05, 0.1) is 0 Å². The molecule has 0 saturated heterocycles. The summed E-state index contributed by atoms with van der Waals surface area (Å²) in [6, 6.07) is 4.55. The first-order valence-electron chi connectivity index (χ1n) is 8.75. The molecule has 0 saturated carbocycles. The zero-order valence-corrected chi connectivity index (χ0v) is 17.4. The van der Waals surface area contributed by atoms with Crippen molar-refractivity contribution in [3.63, 3.8) is 0 Å². The number of unbranched alkanes of at least 4 members (excludes halogenated alkanes) is 1. The van der Waals surface area contributed by atoms with E-state index in [0.717, 1.165) is 18.1 Å².